The number of pyridine rings is 2. The average Bonchev–Trinajstić information content (AvgIpc) is 2.85. The highest BCUT2D eigenvalue weighted by molar-refractivity contribution is 9.10. The quantitative estimate of drug-likeness (QED) is 0.166. The van der Waals surface area contributed by atoms with E-state index in [1.54, 1.807) is 36.7 Å². The van der Waals surface area contributed by atoms with Crippen LogP contribution in [0.25, 0.3) is 0 Å². The van der Waals surface area contributed by atoms with E-state index >= 15 is 0 Å². The Bertz CT molecular complexity index is 1390. The molecule has 2 aromatic carbocycles. The van der Waals surface area contributed by atoms with E-state index in [4.69, 9.17) is 41.1 Å². The molecular weight excluding hydrogens is 569 g/mol. The number of nitrogen functional groups attached to an aromatic ring is 2. The summed E-state index contributed by atoms with van der Waals surface area (Å²) in [5.74, 6) is 6.72. The number of terminal acetylenes is 1. The van der Waals surface area contributed by atoms with Crippen molar-refractivity contribution in [2.24, 2.45) is 0 Å². The normalized spacial score (nSPS) is 9.00. The van der Waals surface area contributed by atoms with Crippen LogP contribution >= 0.6 is 39.1 Å². The maximum Gasteiger partial charge on any atom is 0.138 e. The molecule has 0 atom stereocenters. The molecular formula is C27H21BrCl2F2N4. The van der Waals surface area contributed by atoms with Crippen LogP contribution in [0.3, 0.4) is 0 Å². The summed E-state index contributed by atoms with van der Waals surface area (Å²) in [6.07, 6.45) is 8.23. The Morgan fingerprint density at radius 2 is 1.31 bits per heavy atom. The summed E-state index contributed by atoms with van der Waals surface area (Å²) in [6.45, 7) is 0. The minimum atomic E-state index is -0.420. The first-order chi connectivity index (χ1) is 16.7. The molecule has 0 saturated heterocycles. The lowest BCUT2D eigenvalue weighted by Gasteiger charge is -1.96. The molecule has 0 aliphatic carbocycles. The van der Waals surface area contributed by atoms with E-state index in [9.17, 15) is 8.78 Å². The number of rotatable bonds is 0. The van der Waals surface area contributed by atoms with Crippen LogP contribution in [-0.4, -0.2) is 9.97 Å². The third-order valence-electron chi connectivity index (χ3n) is 3.95. The topological polar surface area (TPSA) is 77.8 Å². The maximum atomic E-state index is 13.4. The van der Waals surface area contributed by atoms with Gasteiger partial charge in [0, 0.05) is 22.4 Å². The van der Waals surface area contributed by atoms with Crippen LogP contribution in [0.5, 0.6) is 0 Å². The van der Waals surface area contributed by atoms with E-state index in [0.717, 1.165) is 0 Å². The predicted octanol–water partition coefficient (Wildman–Crippen LogP) is 7.38. The summed E-state index contributed by atoms with van der Waals surface area (Å²) in [6, 6.07) is 15.3. The fraction of sp³-hybridized carbons (Fsp3) is 0.0370. The second-order valence-electron chi connectivity index (χ2n) is 6.47. The first kappa shape index (κ1) is 30.4. The summed E-state index contributed by atoms with van der Waals surface area (Å²) in [7, 11) is 0. The van der Waals surface area contributed by atoms with E-state index < -0.39 is 11.6 Å². The molecule has 0 unspecified atom stereocenters. The number of hydrogen-bond acceptors (Lipinski definition) is 4. The van der Waals surface area contributed by atoms with Crippen molar-refractivity contribution in [2.75, 3.05) is 11.5 Å². The first-order valence-electron chi connectivity index (χ1n) is 9.66. The van der Waals surface area contributed by atoms with Gasteiger partial charge in [0.05, 0.1) is 22.5 Å². The third kappa shape index (κ3) is 9.93. The Kier molecular flexibility index (Phi) is 13.0. The molecule has 4 rings (SSSR count). The molecule has 0 amide bonds. The highest BCUT2D eigenvalue weighted by Crippen LogP contribution is 2.15. The maximum absolute atomic E-state index is 13.4. The molecule has 0 fully saturated rings. The summed E-state index contributed by atoms with van der Waals surface area (Å²) in [4.78, 5) is 7.86. The lowest BCUT2D eigenvalue weighted by molar-refractivity contribution is 0.624. The standard InChI is InChI=1S/C13H8ClFN2.C8H4ClF.C5H5BrN2.CH4/c14-10-4-5-11(15)9(8-10)3-6-13-12(16)2-1-7-17-13;1-2-6-5-7(9)3-4-8(6)10;6-5-4(7)2-1-3-8-5;/h1-2,4-5,7-8H,16H2;1,3-5H;1-3H,7H2;1H4. The highest BCUT2D eigenvalue weighted by Gasteiger charge is 2.00. The summed E-state index contributed by atoms with van der Waals surface area (Å²) >= 11 is 14.4. The minimum absolute atomic E-state index is 0. The molecule has 184 valence electrons. The van der Waals surface area contributed by atoms with Crippen molar-refractivity contribution in [3.63, 3.8) is 0 Å². The van der Waals surface area contributed by atoms with Gasteiger partial charge in [-0.1, -0.05) is 42.5 Å². The first-order valence-corrected chi connectivity index (χ1v) is 11.2. The largest absolute Gasteiger partial charge is 0.397 e. The van der Waals surface area contributed by atoms with Crippen LogP contribution < -0.4 is 11.5 Å². The van der Waals surface area contributed by atoms with E-state index in [1.165, 1.54) is 36.4 Å². The molecule has 0 aliphatic rings. The molecule has 4 nitrogen and oxygen atoms in total. The lowest BCUT2D eigenvalue weighted by Crippen LogP contribution is -1.92. The van der Waals surface area contributed by atoms with Gasteiger partial charge in [0.2, 0.25) is 0 Å². The van der Waals surface area contributed by atoms with Crippen molar-refractivity contribution in [3.8, 4) is 24.2 Å². The van der Waals surface area contributed by atoms with Crippen molar-refractivity contribution in [1.29, 1.82) is 0 Å². The number of aromatic nitrogens is 2. The average molecular weight is 590 g/mol. The number of hydrogen-bond donors (Lipinski definition) is 2. The van der Waals surface area contributed by atoms with Crippen molar-refractivity contribution >= 4 is 50.5 Å². The second-order valence-corrected chi connectivity index (χ2v) is 8.09. The molecule has 0 saturated carbocycles. The van der Waals surface area contributed by atoms with Gasteiger partial charge in [0.1, 0.15) is 21.9 Å². The zero-order chi connectivity index (χ0) is 25.8. The molecule has 2 heterocycles. The van der Waals surface area contributed by atoms with Gasteiger partial charge < -0.3 is 11.5 Å². The molecule has 36 heavy (non-hydrogen) atoms. The van der Waals surface area contributed by atoms with E-state index in [0.29, 0.717) is 31.7 Å². The number of anilines is 2. The van der Waals surface area contributed by atoms with Gasteiger partial charge in [-0.15, -0.1) is 6.42 Å². The van der Waals surface area contributed by atoms with E-state index in [2.05, 4.69) is 43.7 Å². The zero-order valence-electron chi connectivity index (χ0n) is 17.9. The van der Waals surface area contributed by atoms with Gasteiger partial charge in [0.25, 0.3) is 0 Å². The molecule has 0 bridgehead atoms. The Labute approximate surface area is 227 Å². The molecule has 4 aromatic rings. The van der Waals surface area contributed by atoms with Gasteiger partial charge in [-0.3, -0.25) is 0 Å². The lowest BCUT2D eigenvalue weighted by atomic mass is 10.2. The Morgan fingerprint density at radius 3 is 1.78 bits per heavy atom. The summed E-state index contributed by atoms with van der Waals surface area (Å²) in [5.41, 5.74) is 13.1. The number of nitrogens with zero attached hydrogens (tertiary/aromatic N) is 2. The van der Waals surface area contributed by atoms with Crippen LogP contribution in [0, 0.1) is 35.8 Å². The van der Waals surface area contributed by atoms with Crippen LogP contribution in [0.15, 0.2) is 77.7 Å². The molecule has 0 radical (unpaired) electrons. The van der Waals surface area contributed by atoms with Crippen LogP contribution in [-0.2, 0) is 0 Å². The Hall–Kier alpha value is -3.62. The second kappa shape index (κ2) is 15.4. The number of nitrogens with two attached hydrogens (primary N) is 2. The van der Waals surface area contributed by atoms with Gasteiger partial charge >= 0.3 is 0 Å². The Balaban J connectivity index is 0.000000291. The zero-order valence-corrected chi connectivity index (χ0v) is 21.0. The number of halogens is 5. The monoisotopic (exact) mass is 588 g/mol. The van der Waals surface area contributed by atoms with Crippen molar-refractivity contribution in [2.45, 2.75) is 7.43 Å². The smallest absolute Gasteiger partial charge is 0.138 e. The molecule has 2 aromatic heterocycles. The van der Waals surface area contributed by atoms with Crippen LogP contribution in [0.4, 0.5) is 20.2 Å². The SMILES string of the molecule is C.C#Cc1cc(Cl)ccc1F.Nc1cccnc1Br.Nc1cccnc1C#Cc1cc(Cl)ccc1F. The highest BCUT2D eigenvalue weighted by atomic mass is 79.9. The van der Waals surface area contributed by atoms with Gasteiger partial charge in [-0.25, -0.2) is 18.7 Å². The molecule has 4 N–H and O–H groups in total. The van der Waals surface area contributed by atoms with Gasteiger partial charge in [0.15, 0.2) is 0 Å². The molecule has 0 aliphatic heterocycles. The van der Waals surface area contributed by atoms with Crippen molar-refractivity contribution < 1.29 is 8.78 Å². The summed E-state index contributed by atoms with van der Waals surface area (Å²) in [5, 5.41) is 0.888. The van der Waals surface area contributed by atoms with Crippen molar-refractivity contribution in [3.05, 3.63) is 116 Å². The summed E-state index contributed by atoms with van der Waals surface area (Å²) < 4.78 is 26.6. The fourth-order valence-corrected chi connectivity index (χ4v) is 2.84. The fourth-order valence-electron chi connectivity index (χ4n) is 2.25. The molecule has 0 spiro atoms. The van der Waals surface area contributed by atoms with E-state index in [-0.39, 0.29) is 18.6 Å². The van der Waals surface area contributed by atoms with Crippen LogP contribution in [0.1, 0.15) is 24.2 Å². The predicted molar refractivity (Wildman–Crippen MR) is 148 cm³/mol. The van der Waals surface area contributed by atoms with Gasteiger partial charge in [-0.05, 0) is 82.5 Å². The van der Waals surface area contributed by atoms with E-state index in [1.807, 2.05) is 0 Å². The third-order valence-corrected chi connectivity index (χ3v) is 5.09. The minimum Gasteiger partial charge on any atom is -0.397 e. The molecule has 9 heteroatoms. The van der Waals surface area contributed by atoms with Crippen molar-refractivity contribution in [1.82, 2.24) is 9.97 Å². The van der Waals surface area contributed by atoms with Gasteiger partial charge in [-0.2, -0.15) is 0 Å². The Morgan fingerprint density at radius 1 is 0.778 bits per heavy atom. The van der Waals surface area contributed by atoms with Crippen LogP contribution in [0.2, 0.25) is 10.0 Å². The number of benzene rings is 2.